The Morgan fingerprint density at radius 3 is 2.43 bits per heavy atom. The van der Waals surface area contributed by atoms with Gasteiger partial charge in [0, 0.05) is 18.8 Å². The van der Waals surface area contributed by atoms with Crippen molar-refractivity contribution in [2.45, 2.75) is 50.3 Å². The maximum Gasteiger partial charge on any atom is 0.246 e. The van der Waals surface area contributed by atoms with Gasteiger partial charge in [-0.25, -0.2) is 8.42 Å². The first kappa shape index (κ1) is 22.3. The molecular weight excluding hydrogens is 400 g/mol. The highest BCUT2D eigenvalue weighted by Gasteiger charge is 2.30. The number of anilines is 1. The summed E-state index contributed by atoms with van der Waals surface area (Å²) in [5.41, 5.74) is 1.41. The molecule has 1 saturated heterocycles. The number of rotatable bonds is 9. The summed E-state index contributed by atoms with van der Waals surface area (Å²) in [6.07, 6.45) is 3.29. The van der Waals surface area contributed by atoms with Crippen LogP contribution in [0.25, 0.3) is 0 Å². The molecule has 0 saturated carbocycles. The summed E-state index contributed by atoms with van der Waals surface area (Å²) in [6, 6.07) is 14.5. The Labute approximate surface area is 179 Å². The molecule has 1 aliphatic heterocycles. The molecule has 2 aromatic rings. The third-order valence-electron chi connectivity index (χ3n) is 5.29. The molecule has 0 aromatic heterocycles. The van der Waals surface area contributed by atoms with Crippen LogP contribution in [0.15, 0.2) is 53.4 Å². The van der Waals surface area contributed by atoms with Crippen LogP contribution >= 0.6 is 0 Å². The first-order valence-corrected chi connectivity index (χ1v) is 12.0. The van der Waals surface area contributed by atoms with E-state index in [-0.39, 0.29) is 16.7 Å². The maximum absolute atomic E-state index is 13.2. The largest absolute Gasteiger partial charge is 0.492 e. The molecule has 2 aromatic carbocycles. The Morgan fingerprint density at radius 1 is 1.10 bits per heavy atom. The quantitative estimate of drug-likeness (QED) is 0.640. The average molecular weight is 431 g/mol. The lowest BCUT2D eigenvalue weighted by molar-refractivity contribution is -0.117. The second-order valence-electron chi connectivity index (χ2n) is 7.45. The van der Waals surface area contributed by atoms with E-state index in [1.54, 1.807) is 12.1 Å². The number of hydrogen-bond acceptors (Lipinski definition) is 4. The van der Waals surface area contributed by atoms with Gasteiger partial charge in [-0.15, -0.1) is 0 Å². The highest BCUT2D eigenvalue weighted by atomic mass is 32.2. The number of sulfonamides is 1. The minimum Gasteiger partial charge on any atom is -0.492 e. The van der Waals surface area contributed by atoms with Crippen molar-refractivity contribution in [2.75, 3.05) is 25.0 Å². The Balaban J connectivity index is 1.89. The summed E-state index contributed by atoms with van der Waals surface area (Å²) in [7, 11) is -3.68. The van der Waals surface area contributed by atoms with E-state index < -0.39 is 10.0 Å². The first-order chi connectivity index (χ1) is 14.5. The first-order valence-electron chi connectivity index (χ1n) is 10.6. The fraction of sp³-hybridized carbons (Fsp3) is 0.435. The Morgan fingerprint density at radius 2 is 1.80 bits per heavy atom. The van der Waals surface area contributed by atoms with Crippen LogP contribution < -0.4 is 10.1 Å². The molecule has 0 aliphatic carbocycles. The molecule has 162 valence electrons. The molecule has 1 N–H and O–H groups in total. The Bertz CT molecular complexity index is 954. The smallest absolute Gasteiger partial charge is 0.246 e. The molecule has 30 heavy (non-hydrogen) atoms. The summed E-state index contributed by atoms with van der Waals surface area (Å²) < 4.78 is 33.4. The van der Waals surface area contributed by atoms with Crippen LogP contribution in [0.3, 0.4) is 0 Å². The zero-order valence-corrected chi connectivity index (χ0v) is 18.5. The lowest BCUT2D eigenvalue weighted by atomic mass is 9.93. The standard InChI is InChI=1S/C23H30N2O4S/c1-3-10-20(18-11-6-5-7-12-18)23(26)24-19-13-14-21(29-4-2)22(17-19)30(27,28)25-15-8-9-16-25/h5-7,11-14,17,20H,3-4,8-10,15-16H2,1-2H3,(H,24,26). The maximum atomic E-state index is 13.2. The van der Waals surface area contributed by atoms with E-state index in [1.807, 2.05) is 44.2 Å². The number of carbonyl (C=O) groups is 1. The highest BCUT2D eigenvalue weighted by Crippen LogP contribution is 2.32. The van der Waals surface area contributed by atoms with Gasteiger partial charge in [0.2, 0.25) is 15.9 Å². The van der Waals surface area contributed by atoms with Crippen molar-refractivity contribution in [2.24, 2.45) is 0 Å². The van der Waals surface area contributed by atoms with Crippen molar-refractivity contribution < 1.29 is 17.9 Å². The van der Waals surface area contributed by atoms with E-state index in [4.69, 9.17) is 4.74 Å². The van der Waals surface area contributed by atoms with Gasteiger partial charge in [0.1, 0.15) is 10.6 Å². The van der Waals surface area contributed by atoms with Crippen LogP contribution in [0.1, 0.15) is 51.0 Å². The van der Waals surface area contributed by atoms with Gasteiger partial charge < -0.3 is 10.1 Å². The Hall–Kier alpha value is -2.38. The second-order valence-corrected chi connectivity index (χ2v) is 9.35. The third kappa shape index (κ3) is 5.02. The highest BCUT2D eigenvalue weighted by molar-refractivity contribution is 7.89. The van der Waals surface area contributed by atoms with Gasteiger partial charge in [0.15, 0.2) is 0 Å². The molecule has 0 bridgehead atoms. The van der Waals surface area contributed by atoms with Gasteiger partial charge in [-0.2, -0.15) is 4.31 Å². The minimum absolute atomic E-state index is 0.107. The van der Waals surface area contributed by atoms with Gasteiger partial charge in [-0.3, -0.25) is 4.79 Å². The van der Waals surface area contributed by atoms with Gasteiger partial charge >= 0.3 is 0 Å². The SMILES string of the molecule is CCCC(C(=O)Nc1ccc(OCC)c(S(=O)(=O)N2CCCC2)c1)c1ccccc1. The number of amides is 1. The van der Waals surface area contributed by atoms with Gasteiger partial charge in [0.25, 0.3) is 0 Å². The van der Waals surface area contributed by atoms with E-state index in [9.17, 15) is 13.2 Å². The van der Waals surface area contributed by atoms with E-state index in [2.05, 4.69) is 5.32 Å². The average Bonchev–Trinajstić information content (AvgIpc) is 3.29. The minimum atomic E-state index is -3.68. The molecule has 7 heteroatoms. The number of carbonyl (C=O) groups excluding carboxylic acids is 1. The third-order valence-corrected chi connectivity index (χ3v) is 7.21. The second kappa shape index (κ2) is 10.1. The summed E-state index contributed by atoms with van der Waals surface area (Å²) >= 11 is 0. The molecule has 0 radical (unpaired) electrons. The van der Waals surface area contributed by atoms with Crippen molar-refractivity contribution in [3.8, 4) is 5.75 Å². The topological polar surface area (TPSA) is 75.7 Å². The van der Waals surface area contributed by atoms with E-state index in [0.717, 1.165) is 24.8 Å². The predicted octanol–water partition coefficient (Wildman–Crippen LogP) is 4.39. The van der Waals surface area contributed by atoms with Gasteiger partial charge in [-0.05, 0) is 49.9 Å². The number of hydrogen-bond donors (Lipinski definition) is 1. The number of nitrogens with one attached hydrogen (secondary N) is 1. The molecule has 1 fully saturated rings. The van der Waals surface area contributed by atoms with Crippen LogP contribution in [0.2, 0.25) is 0 Å². The number of ether oxygens (including phenoxy) is 1. The zero-order chi connectivity index (χ0) is 21.6. The monoisotopic (exact) mass is 430 g/mol. The summed E-state index contributed by atoms with van der Waals surface area (Å²) in [5, 5.41) is 2.92. The summed E-state index contributed by atoms with van der Waals surface area (Å²) in [6.45, 7) is 5.24. The molecule has 1 unspecified atom stereocenters. The van der Waals surface area contributed by atoms with Gasteiger partial charge in [0.05, 0.1) is 12.5 Å². The molecule has 0 spiro atoms. The number of nitrogens with zero attached hydrogens (tertiary/aromatic N) is 1. The fourth-order valence-electron chi connectivity index (χ4n) is 3.78. The van der Waals surface area contributed by atoms with Crippen molar-refractivity contribution in [3.05, 3.63) is 54.1 Å². The van der Waals surface area contributed by atoms with E-state index >= 15 is 0 Å². The zero-order valence-electron chi connectivity index (χ0n) is 17.6. The van der Waals surface area contributed by atoms with Crippen LogP contribution in [0, 0.1) is 0 Å². The lowest BCUT2D eigenvalue weighted by Crippen LogP contribution is -2.28. The van der Waals surface area contributed by atoms with Crippen molar-refractivity contribution >= 4 is 21.6 Å². The van der Waals surface area contributed by atoms with Crippen LogP contribution in [-0.4, -0.2) is 38.3 Å². The fourth-order valence-corrected chi connectivity index (χ4v) is 5.46. The molecule has 1 aliphatic rings. The summed E-state index contributed by atoms with van der Waals surface area (Å²) in [5.74, 6) is -0.117. The Kier molecular flexibility index (Phi) is 7.50. The van der Waals surface area contributed by atoms with Crippen molar-refractivity contribution in [3.63, 3.8) is 0 Å². The van der Waals surface area contributed by atoms with Crippen molar-refractivity contribution in [1.82, 2.24) is 4.31 Å². The molecular formula is C23H30N2O4S. The van der Waals surface area contributed by atoms with Crippen LogP contribution in [0.5, 0.6) is 5.75 Å². The normalized spacial score (nSPS) is 15.7. The van der Waals surface area contributed by atoms with Crippen LogP contribution in [-0.2, 0) is 14.8 Å². The molecule has 1 amide bonds. The van der Waals surface area contributed by atoms with Crippen molar-refractivity contribution in [1.29, 1.82) is 0 Å². The summed E-state index contributed by atoms with van der Waals surface area (Å²) in [4.78, 5) is 13.1. The van der Waals surface area contributed by atoms with E-state index in [0.29, 0.717) is 37.6 Å². The number of benzene rings is 2. The molecule has 6 nitrogen and oxygen atoms in total. The lowest BCUT2D eigenvalue weighted by Gasteiger charge is -2.20. The molecule has 1 heterocycles. The van der Waals surface area contributed by atoms with Crippen LogP contribution in [0.4, 0.5) is 5.69 Å². The van der Waals surface area contributed by atoms with E-state index in [1.165, 1.54) is 10.4 Å². The molecule has 3 rings (SSSR count). The predicted molar refractivity (Wildman–Crippen MR) is 118 cm³/mol. The molecule has 1 atom stereocenters. The van der Waals surface area contributed by atoms with Gasteiger partial charge in [-0.1, -0.05) is 43.7 Å².